The minimum atomic E-state index is 0.257. The van der Waals surface area contributed by atoms with E-state index in [1.807, 2.05) is 37.5 Å². The summed E-state index contributed by atoms with van der Waals surface area (Å²) in [5, 5.41) is 3.84. The molecule has 0 bridgehead atoms. The van der Waals surface area contributed by atoms with Crippen molar-refractivity contribution in [3.8, 4) is 0 Å². The highest BCUT2D eigenvalue weighted by Gasteiger charge is 2.14. The molecule has 0 saturated carbocycles. The van der Waals surface area contributed by atoms with Crippen LogP contribution in [0.2, 0.25) is 5.02 Å². The molecule has 0 fully saturated rings. The predicted molar refractivity (Wildman–Crippen MR) is 85.1 cm³/mol. The average Bonchev–Trinajstić information content (AvgIpc) is 2.48. The molecular formula is C16H20ClN3. The molecule has 1 aromatic heterocycles. The van der Waals surface area contributed by atoms with Crippen molar-refractivity contribution in [2.75, 3.05) is 19.4 Å². The van der Waals surface area contributed by atoms with Crippen LogP contribution in [0.3, 0.4) is 0 Å². The van der Waals surface area contributed by atoms with Crippen LogP contribution in [0.25, 0.3) is 0 Å². The third kappa shape index (κ3) is 3.50. The molecule has 0 aliphatic heterocycles. The second-order valence-electron chi connectivity index (χ2n) is 4.91. The first kappa shape index (κ1) is 14.8. The predicted octanol–water partition coefficient (Wildman–Crippen LogP) is 3.97. The molecule has 1 unspecified atom stereocenters. The smallest absolute Gasteiger partial charge is 0.125 e. The molecule has 0 saturated heterocycles. The van der Waals surface area contributed by atoms with Crippen molar-refractivity contribution in [1.82, 2.24) is 9.88 Å². The molecule has 3 nitrogen and oxygen atoms in total. The molecular weight excluding hydrogens is 270 g/mol. The molecule has 0 radical (unpaired) electrons. The SMILES string of the molecule is CNc1ccc(CN(C)C(C)c2ccccc2Cl)cn1. The van der Waals surface area contributed by atoms with Crippen molar-refractivity contribution in [2.45, 2.75) is 19.5 Å². The fourth-order valence-corrected chi connectivity index (χ4v) is 2.44. The summed E-state index contributed by atoms with van der Waals surface area (Å²) in [7, 11) is 3.97. The van der Waals surface area contributed by atoms with E-state index in [-0.39, 0.29) is 6.04 Å². The number of nitrogens with zero attached hydrogens (tertiary/aromatic N) is 2. The molecule has 1 aromatic carbocycles. The molecule has 1 N–H and O–H groups in total. The van der Waals surface area contributed by atoms with Gasteiger partial charge in [0.05, 0.1) is 0 Å². The zero-order valence-electron chi connectivity index (χ0n) is 12.1. The van der Waals surface area contributed by atoms with Gasteiger partial charge in [-0.05, 0) is 37.2 Å². The number of benzene rings is 1. The molecule has 106 valence electrons. The fourth-order valence-electron chi connectivity index (χ4n) is 2.14. The summed E-state index contributed by atoms with van der Waals surface area (Å²) in [4.78, 5) is 6.60. The Morgan fingerprint density at radius 3 is 2.60 bits per heavy atom. The lowest BCUT2D eigenvalue weighted by atomic mass is 10.1. The summed E-state index contributed by atoms with van der Waals surface area (Å²) < 4.78 is 0. The summed E-state index contributed by atoms with van der Waals surface area (Å²) in [6, 6.07) is 12.3. The number of hydrogen-bond acceptors (Lipinski definition) is 3. The normalized spacial score (nSPS) is 12.4. The molecule has 2 rings (SSSR count). The Balaban J connectivity index is 2.07. The molecule has 2 aromatic rings. The van der Waals surface area contributed by atoms with Crippen molar-refractivity contribution in [3.63, 3.8) is 0 Å². The quantitative estimate of drug-likeness (QED) is 0.903. The van der Waals surface area contributed by atoms with Crippen LogP contribution in [0.5, 0.6) is 0 Å². The first-order valence-electron chi connectivity index (χ1n) is 6.69. The van der Waals surface area contributed by atoms with Gasteiger partial charge in [-0.2, -0.15) is 0 Å². The maximum Gasteiger partial charge on any atom is 0.125 e. The largest absolute Gasteiger partial charge is 0.373 e. The molecule has 1 heterocycles. The van der Waals surface area contributed by atoms with Crippen molar-refractivity contribution < 1.29 is 0 Å². The topological polar surface area (TPSA) is 28.2 Å². The number of aromatic nitrogens is 1. The van der Waals surface area contributed by atoms with Gasteiger partial charge in [-0.1, -0.05) is 35.9 Å². The lowest BCUT2D eigenvalue weighted by molar-refractivity contribution is 0.253. The van der Waals surface area contributed by atoms with Gasteiger partial charge >= 0.3 is 0 Å². The Morgan fingerprint density at radius 2 is 2.00 bits per heavy atom. The Hall–Kier alpha value is -1.58. The van der Waals surface area contributed by atoms with Crippen LogP contribution in [-0.4, -0.2) is 24.0 Å². The van der Waals surface area contributed by atoms with E-state index in [0.29, 0.717) is 0 Å². The maximum absolute atomic E-state index is 6.26. The summed E-state index contributed by atoms with van der Waals surface area (Å²) in [6.45, 7) is 3.00. The molecule has 0 amide bonds. The van der Waals surface area contributed by atoms with E-state index in [0.717, 1.165) is 22.9 Å². The van der Waals surface area contributed by atoms with E-state index in [1.165, 1.54) is 5.56 Å². The third-order valence-electron chi connectivity index (χ3n) is 3.53. The number of rotatable bonds is 5. The van der Waals surface area contributed by atoms with Crippen molar-refractivity contribution in [3.05, 3.63) is 58.7 Å². The lowest BCUT2D eigenvalue weighted by Crippen LogP contribution is -2.22. The molecule has 1 atom stereocenters. The van der Waals surface area contributed by atoms with Gasteiger partial charge in [0.15, 0.2) is 0 Å². The minimum Gasteiger partial charge on any atom is -0.373 e. The molecule has 0 aliphatic rings. The third-order valence-corrected chi connectivity index (χ3v) is 3.87. The lowest BCUT2D eigenvalue weighted by Gasteiger charge is -2.25. The van der Waals surface area contributed by atoms with E-state index < -0.39 is 0 Å². The number of pyridine rings is 1. The first-order chi connectivity index (χ1) is 9.61. The van der Waals surface area contributed by atoms with E-state index >= 15 is 0 Å². The molecule has 0 spiro atoms. The van der Waals surface area contributed by atoms with Crippen LogP contribution in [0.1, 0.15) is 24.1 Å². The van der Waals surface area contributed by atoms with Gasteiger partial charge in [0.25, 0.3) is 0 Å². The van der Waals surface area contributed by atoms with Gasteiger partial charge in [0.2, 0.25) is 0 Å². The average molecular weight is 290 g/mol. The fraction of sp³-hybridized carbons (Fsp3) is 0.312. The van der Waals surface area contributed by atoms with Crippen molar-refractivity contribution in [2.24, 2.45) is 0 Å². The van der Waals surface area contributed by atoms with Gasteiger partial charge in [-0.3, -0.25) is 4.90 Å². The Bertz CT molecular complexity index is 554. The summed E-state index contributed by atoms with van der Waals surface area (Å²) in [5.74, 6) is 0.885. The van der Waals surface area contributed by atoms with Crippen LogP contribution in [-0.2, 0) is 6.54 Å². The maximum atomic E-state index is 6.26. The summed E-state index contributed by atoms with van der Waals surface area (Å²) in [5.41, 5.74) is 2.34. The number of anilines is 1. The van der Waals surface area contributed by atoms with Crippen LogP contribution >= 0.6 is 11.6 Å². The second-order valence-corrected chi connectivity index (χ2v) is 5.32. The molecule has 20 heavy (non-hydrogen) atoms. The van der Waals surface area contributed by atoms with E-state index in [1.54, 1.807) is 0 Å². The zero-order chi connectivity index (χ0) is 14.5. The molecule has 4 heteroatoms. The Morgan fingerprint density at radius 1 is 1.25 bits per heavy atom. The first-order valence-corrected chi connectivity index (χ1v) is 7.07. The van der Waals surface area contributed by atoms with Crippen LogP contribution in [0.15, 0.2) is 42.6 Å². The zero-order valence-corrected chi connectivity index (χ0v) is 12.9. The second kappa shape index (κ2) is 6.73. The standard InChI is InChI=1S/C16H20ClN3/c1-12(14-6-4-5-7-15(14)17)20(3)11-13-8-9-16(18-2)19-10-13/h4-10,12H,11H2,1-3H3,(H,18,19). The minimum absolute atomic E-state index is 0.257. The highest BCUT2D eigenvalue weighted by molar-refractivity contribution is 6.31. The van der Waals surface area contributed by atoms with E-state index in [9.17, 15) is 0 Å². The Labute approximate surface area is 125 Å². The monoisotopic (exact) mass is 289 g/mol. The van der Waals surface area contributed by atoms with Crippen molar-refractivity contribution in [1.29, 1.82) is 0 Å². The number of nitrogens with one attached hydrogen (secondary N) is 1. The van der Waals surface area contributed by atoms with Gasteiger partial charge in [-0.15, -0.1) is 0 Å². The summed E-state index contributed by atoms with van der Waals surface area (Å²) >= 11 is 6.26. The van der Waals surface area contributed by atoms with Crippen molar-refractivity contribution >= 4 is 17.4 Å². The van der Waals surface area contributed by atoms with Crippen LogP contribution in [0, 0.1) is 0 Å². The van der Waals surface area contributed by atoms with E-state index in [4.69, 9.17) is 11.6 Å². The number of halogens is 1. The van der Waals surface area contributed by atoms with E-state index in [2.05, 4.69) is 41.3 Å². The van der Waals surface area contributed by atoms with Crippen LogP contribution < -0.4 is 5.32 Å². The Kier molecular flexibility index (Phi) is 4.99. The highest BCUT2D eigenvalue weighted by Crippen LogP contribution is 2.27. The van der Waals surface area contributed by atoms with Gasteiger partial charge in [-0.25, -0.2) is 4.98 Å². The van der Waals surface area contributed by atoms with Gasteiger partial charge in [0.1, 0.15) is 5.82 Å². The van der Waals surface area contributed by atoms with Gasteiger partial charge < -0.3 is 5.32 Å². The van der Waals surface area contributed by atoms with Gasteiger partial charge in [0, 0.05) is 30.9 Å². The summed E-state index contributed by atoms with van der Waals surface area (Å²) in [6.07, 6.45) is 1.90. The molecule has 0 aliphatic carbocycles. The van der Waals surface area contributed by atoms with Crippen LogP contribution in [0.4, 0.5) is 5.82 Å². The highest BCUT2D eigenvalue weighted by atomic mass is 35.5. The number of hydrogen-bond donors (Lipinski definition) is 1.